The van der Waals surface area contributed by atoms with Crippen molar-refractivity contribution in [3.63, 3.8) is 0 Å². The third-order valence-electron chi connectivity index (χ3n) is 12.6. The molecule has 0 aliphatic carbocycles. The molecule has 386 valence electrons. The van der Waals surface area contributed by atoms with Gasteiger partial charge in [-0.3, -0.25) is 23.4 Å². The lowest BCUT2D eigenvalue weighted by Crippen LogP contribution is -2.34. The zero-order valence-corrected chi connectivity index (χ0v) is 43.3. The number of carbonyl (C=O) groups excluding carboxylic acids is 2. The lowest BCUT2D eigenvalue weighted by molar-refractivity contribution is -0.161. The maximum Gasteiger partial charge on any atom is 0.472 e. The summed E-state index contributed by atoms with van der Waals surface area (Å²) in [7, 11) is -4.72. The summed E-state index contributed by atoms with van der Waals surface area (Å²) in [5.74, 6) is -2.35. The molecule has 0 aromatic rings. The van der Waals surface area contributed by atoms with Crippen LogP contribution in [0.3, 0.4) is 0 Å². The Morgan fingerprint density at radius 1 is 0.415 bits per heavy atom. The Morgan fingerprint density at radius 3 is 0.969 bits per heavy atom. The molecule has 65 heavy (non-hydrogen) atoms. The predicted molar refractivity (Wildman–Crippen MR) is 268 cm³/mol. The van der Waals surface area contributed by atoms with Crippen LogP contribution in [0.1, 0.15) is 290 Å². The molecule has 0 heterocycles. The number of unbranched alkanes of at least 4 members (excludes halogenated alkanes) is 39. The van der Waals surface area contributed by atoms with E-state index in [1.807, 2.05) is 0 Å². The van der Waals surface area contributed by atoms with Gasteiger partial charge in [-0.05, 0) is 12.8 Å². The minimum Gasteiger partial charge on any atom is -0.480 e. The van der Waals surface area contributed by atoms with Crippen LogP contribution in [0.15, 0.2) is 0 Å². The number of rotatable bonds is 53. The van der Waals surface area contributed by atoms with Crippen LogP contribution in [0.4, 0.5) is 0 Å². The van der Waals surface area contributed by atoms with Crippen molar-refractivity contribution in [1.29, 1.82) is 0 Å². The second-order valence-corrected chi connectivity index (χ2v) is 20.5. The molecule has 11 nitrogen and oxygen atoms in total. The van der Waals surface area contributed by atoms with Gasteiger partial charge in [0.05, 0.1) is 13.2 Å². The van der Waals surface area contributed by atoms with E-state index < -0.39 is 51.1 Å². The molecule has 0 bridgehead atoms. The van der Waals surface area contributed by atoms with E-state index in [1.165, 1.54) is 212 Å². The van der Waals surface area contributed by atoms with Gasteiger partial charge in [-0.15, -0.1) is 0 Å². The van der Waals surface area contributed by atoms with Crippen molar-refractivity contribution in [3.05, 3.63) is 0 Å². The lowest BCUT2D eigenvalue weighted by atomic mass is 10.0. The molecule has 1 unspecified atom stereocenters. The molecule has 0 saturated heterocycles. The van der Waals surface area contributed by atoms with Crippen LogP contribution in [-0.4, -0.2) is 59.9 Å². The van der Waals surface area contributed by atoms with E-state index in [0.717, 1.165) is 38.5 Å². The molecule has 0 aliphatic heterocycles. The molecular formula is C53H104NO10P. The summed E-state index contributed by atoms with van der Waals surface area (Å²) in [6, 6.07) is -1.52. The van der Waals surface area contributed by atoms with Crippen LogP contribution in [-0.2, 0) is 37.5 Å². The topological polar surface area (TPSA) is 172 Å². The molecule has 0 aromatic heterocycles. The van der Waals surface area contributed by atoms with Gasteiger partial charge in [-0.1, -0.05) is 264 Å². The molecule has 0 radical (unpaired) electrons. The number of aliphatic carboxylic acids is 1. The zero-order valence-electron chi connectivity index (χ0n) is 42.4. The van der Waals surface area contributed by atoms with Crippen molar-refractivity contribution >= 4 is 25.7 Å². The highest BCUT2D eigenvalue weighted by atomic mass is 31.2. The normalized spacial score (nSPS) is 13.4. The summed E-state index contributed by atoms with van der Waals surface area (Å²) in [6.07, 6.45) is 51.7. The van der Waals surface area contributed by atoms with Crippen LogP contribution < -0.4 is 5.73 Å². The summed E-state index contributed by atoms with van der Waals surface area (Å²) in [5.41, 5.74) is 5.36. The van der Waals surface area contributed by atoms with Crippen LogP contribution in [0.2, 0.25) is 0 Å². The average Bonchev–Trinajstić information content (AvgIpc) is 3.28. The van der Waals surface area contributed by atoms with Gasteiger partial charge in [0.2, 0.25) is 0 Å². The fourth-order valence-corrected chi connectivity index (χ4v) is 9.08. The van der Waals surface area contributed by atoms with Crippen molar-refractivity contribution in [2.24, 2.45) is 5.73 Å². The van der Waals surface area contributed by atoms with Gasteiger partial charge in [0.25, 0.3) is 0 Å². The van der Waals surface area contributed by atoms with Gasteiger partial charge in [-0.2, -0.15) is 0 Å². The van der Waals surface area contributed by atoms with E-state index in [0.29, 0.717) is 12.8 Å². The van der Waals surface area contributed by atoms with Gasteiger partial charge in [-0.25, -0.2) is 4.57 Å². The molecule has 0 fully saturated rings. The quantitative estimate of drug-likeness (QED) is 0.0301. The summed E-state index contributed by atoms with van der Waals surface area (Å²) in [6.45, 7) is 2.88. The molecule has 12 heteroatoms. The number of carbonyl (C=O) groups is 3. The molecule has 0 spiro atoms. The first kappa shape index (κ1) is 63.5. The number of carboxylic acid groups (broad SMARTS) is 1. The average molecular weight is 946 g/mol. The Bertz CT molecular complexity index is 1110. The smallest absolute Gasteiger partial charge is 0.472 e. The Kier molecular flexibility index (Phi) is 47.8. The Labute approximate surface area is 399 Å². The number of ether oxygens (including phenoxy) is 2. The van der Waals surface area contributed by atoms with E-state index in [-0.39, 0.29) is 19.4 Å². The summed E-state index contributed by atoms with van der Waals surface area (Å²) >= 11 is 0. The van der Waals surface area contributed by atoms with Gasteiger partial charge in [0, 0.05) is 12.8 Å². The minimum atomic E-state index is -4.72. The van der Waals surface area contributed by atoms with Crippen molar-refractivity contribution < 1.29 is 47.5 Å². The Balaban J connectivity index is 4.14. The fourth-order valence-electron chi connectivity index (χ4n) is 8.31. The number of hydrogen-bond donors (Lipinski definition) is 3. The Hall–Kier alpha value is -1.52. The zero-order chi connectivity index (χ0) is 47.7. The lowest BCUT2D eigenvalue weighted by Gasteiger charge is -2.20. The van der Waals surface area contributed by atoms with Crippen molar-refractivity contribution in [2.75, 3.05) is 19.8 Å². The molecule has 0 aromatic carbocycles. The van der Waals surface area contributed by atoms with Gasteiger partial charge in [0.1, 0.15) is 12.6 Å². The highest BCUT2D eigenvalue weighted by molar-refractivity contribution is 7.47. The number of nitrogens with two attached hydrogens (primary N) is 1. The molecule has 4 N–H and O–H groups in total. The number of esters is 2. The highest BCUT2D eigenvalue weighted by Crippen LogP contribution is 2.43. The highest BCUT2D eigenvalue weighted by Gasteiger charge is 2.28. The fraction of sp³-hybridized carbons (Fsp3) is 0.943. The predicted octanol–water partition coefficient (Wildman–Crippen LogP) is 15.8. The summed E-state index contributed by atoms with van der Waals surface area (Å²) < 4.78 is 32.9. The van der Waals surface area contributed by atoms with Crippen LogP contribution in [0.5, 0.6) is 0 Å². The SMILES string of the molecule is CCCCCCCCCCCCCCCCCCCCCCCCC(=O)O[C@H](COC(=O)CCCCCCCCCCCCCCCCCCCCC)COP(=O)(O)OC[C@H](N)C(=O)O. The largest absolute Gasteiger partial charge is 0.480 e. The van der Waals surface area contributed by atoms with Gasteiger partial charge >= 0.3 is 25.7 Å². The maximum atomic E-state index is 12.7. The second kappa shape index (κ2) is 48.9. The van der Waals surface area contributed by atoms with E-state index in [4.69, 9.17) is 29.4 Å². The van der Waals surface area contributed by atoms with Crippen LogP contribution in [0, 0.1) is 0 Å². The first-order valence-corrected chi connectivity index (χ1v) is 29.1. The second-order valence-electron chi connectivity index (χ2n) is 19.1. The van der Waals surface area contributed by atoms with Crippen LogP contribution >= 0.6 is 7.82 Å². The van der Waals surface area contributed by atoms with E-state index in [9.17, 15) is 23.8 Å². The third-order valence-corrected chi connectivity index (χ3v) is 13.6. The molecule has 0 amide bonds. The van der Waals surface area contributed by atoms with Gasteiger partial charge in [0.15, 0.2) is 6.10 Å². The van der Waals surface area contributed by atoms with E-state index in [1.54, 1.807) is 0 Å². The van der Waals surface area contributed by atoms with Crippen molar-refractivity contribution in [1.82, 2.24) is 0 Å². The summed E-state index contributed by atoms with van der Waals surface area (Å²) in [5, 5.41) is 8.93. The molecule has 3 atom stereocenters. The minimum absolute atomic E-state index is 0.170. The standard InChI is InChI=1S/C53H104NO10P/c1-3-5-7-9-11-13-15-17-19-21-23-24-25-27-29-31-33-35-37-39-41-43-45-52(56)64-49(47-62-65(59,60)63-48-50(54)53(57)58)46-61-51(55)44-42-40-38-36-34-32-30-28-26-22-20-18-16-14-12-10-8-6-4-2/h49-50H,3-48,54H2,1-2H3,(H,57,58)(H,59,60)/t49-,50+/m1/s1. The number of carboxylic acids is 1. The number of phosphoric acid groups is 1. The third kappa shape index (κ3) is 48.7. The first-order chi connectivity index (χ1) is 31.6. The van der Waals surface area contributed by atoms with Gasteiger partial charge < -0.3 is 25.2 Å². The number of phosphoric ester groups is 1. The van der Waals surface area contributed by atoms with Crippen molar-refractivity contribution in [3.8, 4) is 0 Å². The van der Waals surface area contributed by atoms with E-state index in [2.05, 4.69) is 13.8 Å². The Morgan fingerprint density at radius 2 is 0.677 bits per heavy atom. The monoisotopic (exact) mass is 946 g/mol. The number of hydrogen-bond acceptors (Lipinski definition) is 9. The van der Waals surface area contributed by atoms with E-state index >= 15 is 0 Å². The molecular weight excluding hydrogens is 842 g/mol. The molecule has 0 saturated carbocycles. The maximum absolute atomic E-state index is 12.7. The first-order valence-electron chi connectivity index (χ1n) is 27.6. The molecule has 0 aliphatic rings. The van der Waals surface area contributed by atoms with Crippen LogP contribution in [0.25, 0.3) is 0 Å². The summed E-state index contributed by atoms with van der Waals surface area (Å²) in [4.78, 5) is 46.3. The van der Waals surface area contributed by atoms with Crippen molar-refractivity contribution in [2.45, 2.75) is 302 Å². The molecule has 0 rings (SSSR count).